The van der Waals surface area contributed by atoms with Crippen LogP contribution in [0.25, 0.3) is 0 Å². The second-order valence-corrected chi connectivity index (χ2v) is 11.8. The lowest BCUT2D eigenvalue weighted by Gasteiger charge is -2.33. The number of hydrogen-bond donors (Lipinski definition) is 1. The number of nitrogens with zero attached hydrogens (tertiary/aromatic N) is 2. The minimum absolute atomic E-state index is 0.0506. The van der Waals surface area contributed by atoms with Crippen molar-refractivity contribution in [3.8, 4) is 0 Å². The van der Waals surface area contributed by atoms with E-state index in [9.17, 15) is 18.0 Å². The van der Waals surface area contributed by atoms with E-state index in [4.69, 9.17) is 0 Å². The number of nitrogens with one attached hydrogen (secondary N) is 1. The Kier molecular flexibility index (Phi) is 10.3. The summed E-state index contributed by atoms with van der Waals surface area (Å²) in [5, 5.41) is 2.99. The quantitative estimate of drug-likeness (QED) is 0.336. The molecule has 7 nitrogen and oxygen atoms in total. The minimum atomic E-state index is -4.06. The van der Waals surface area contributed by atoms with Gasteiger partial charge in [-0.15, -0.1) is 0 Å². The maximum atomic E-state index is 14.0. The van der Waals surface area contributed by atoms with E-state index in [-0.39, 0.29) is 23.4 Å². The Hall–Kier alpha value is -3.65. The molecule has 1 N–H and O–H groups in total. The largest absolute Gasteiger partial charge is 0.352 e. The van der Waals surface area contributed by atoms with Crippen molar-refractivity contribution in [2.45, 2.75) is 71.0 Å². The summed E-state index contributed by atoms with van der Waals surface area (Å²) in [4.78, 5) is 28.9. The van der Waals surface area contributed by atoms with Gasteiger partial charge < -0.3 is 10.2 Å². The molecule has 0 aliphatic rings. The first-order valence-corrected chi connectivity index (χ1v) is 14.8. The molecule has 0 saturated carbocycles. The molecular formula is C31H39N3O4S. The highest BCUT2D eigenvalue weighted by molar-refractivity contribution is 7.92. The Morgan fingerprint density at radius 1 is 0.821 bits per heavy atom. The standard InChI is InChI=1S/C31H39N3O4S/c1-6-25(5)32-31(36)29(7-2)33(21-26-17-13-23(3)14-18-26)30(35)22-34(27-19-15-24(4)16-20-27)39(37,38)28-11-9-8-10-12-28/h8-20,25,29H,6-7,21-22H2,1-5H3,(H,32,36)/t25-,29+/m0/s1. The van der Waals surface area contributed by atoms with Crippen molar-refractivity contribution < 1.29 is 18.0 Å². The van der Waals surface area contributed by atoms with Gasteiger partial charge in [0.1, 0.15) is 12.6 Å². The summed E-state index contributed by atoms with van der Waals surface area (Å²) in [6, 6.07) is 22.0. The van der Waals surface area contributed by atoms with Gasteiger partial charge >= 0.3 is 0 Å². The van der Waals surface area contributed by atoms with Crippen LogP contribution in [-0.4, -0.2) is 43.8 Å². The van der Waals surface area contributed by atoms with Gasteiger partial charge in [-0.1, -0.05) is 79.6 Å². The number of sulfonamides is 1. The van der Waals surface area contributed by atoms with Crippen molar-refractivity contribution >= 4 is 27.5 Å². The number of benzene rings is 3. The molecule has 39 heavy (non-hydrogen) atoms. The van der Waals surface area contributed by atoms with E-state index in [0.717, 1.165) is 27.4 Å². The molecule has 0 fully saturated rings. The van der Waals surface area contributed by atoms with E-state index in [1.165, 1.54) is 17.0 Å². The van der Waals surface area contributed by atoms with Crippen LogP contribution in [0.3, 0.4) is 0 Å². The molecule has 0 bridgehead atoms. The lowest BCUT2D eigenvalue weighted by atomic mass is 10.1. The van der Waals surface area contributed by atoms with Crippen LogP contribution in [0.5, 0.6) is 0 Å². The molecular weight excluding hydrogens is 510 g/mol. The third-order valence-corrected chi connectivity index (χ3v) is 8.58. The second kappa shape index (κ2) is 13.4. The molecule has 0 radical (unpaired) electrons. The highest BCUT2D eigenvalue weighted by atomic mass is 32.2. The molecule has 8 heteroatoms. The number of amides is 2. The predicted molar refractivity (Wildman–Crippen MR) is 156 cm³/mol. The summed E-state index contributed by atoms with van der Waals surface area (Å²) < 4.78 is 28.7. The Labute approximate surface area is 232 Å². The molecule has 0 heterocycles. The molecule has 0 aliphatic heterocycles. The summed E-state index contributed by atoms with van der Waals surface area (Å²) >= 11 is 0. The van der Waals surface area contributed by atoms with E-state index in [2.05, 4.69) is 5.32 Å². The van der Waals surface area contributed by atoms with E-state index < -0.39 is 28.5 Å². The molecule has 0 saturated heterocycles. The van der Waals surface area contributed by atoms with E-state index >= 15 is 0 Å². The Morgan fingerprint density at radius 2 is 1.38 bits per heavy atom. The van der Waals surface area contributed by atoms with Gasteiger partial charge in [0, 0.05) is 12.6 Å². The van der Waals surface area contributed by atoms with Crippen LogP contribution in [0.1, 0.15) is 50.3 Å². The summed E-state index contributed by atoms with van der Waals surface area (Å²) in [5.74, 6) is -0.707. The zero-order valence-electron chi connectivity index (χ0n) is 23.4. The molecule has 208 valence electrons. The molecule has 3 aromatic carbocycles. The van der Waals surface area contributed by atoms with Crippen molar-refractivity contribution in [3.05, 3.63) is 95.6 Å². The van der Waals surface area contributed by atoms with E-state index in [1.807, 2.05) is 71.0 Å². The van der Waals surface area contributed by atoms with E-state index in [0.29, 0.717) is 12.1 Å². The normalized spacial score (nSPS) is 12.8. The topological polar surface area (TPSA) is 86.8 Å². The molecule has 0 spiro atoms. The van der Waals surface area contributed by atoms with Gasteiger partial charge in [0.25, 0.3) is 10.0 Å². The molecule has 2 atom stereocenters. The van der Waals surface area contributed by atoms with Crippen molar-refractivity contribution in [3.63, 3.8) is 0 Å². The zero-order chi connectivity index (χ0) is 28.6. The third kappa shape index (κ3) is 7.69. The fourth-order valence-electron chi connectivity index (χ4n) is 4.21. The first-order chi connectivity index (χ1) is 18.6. The van der Waals surface area contributed by atoms with Gasteiger partial charge in [-0.25, -0.2) is 8.42 Å². The van der Waals surface area contributed by atoms with Gasteiger partial charge in [0.05, 0.1) is 10.6 Å². The molecule has 3 rings (SSSR count). The van der Waals surface area contributed by atoms with Gasteiger partial charge in [-0.3, -0.25) is 13.9 Å². The van der Waals surface area contributed by atoms with Crippen molar-refractivity contribution in [1.29, 1.82) is 0 Å². The number of anilines is 1. The Morgan fingerprint density at radius 3 is 1.92 bits per heavy atom. The molecule has 2 amide bonds. The van der Waals surface area contributed by atoms with Gasteiger partial charge in [-0.2, -0.15) is 0 Å². The first-order valence-electron chi connectivity index (χ1n) is 13.4. The van der Waals surface area contributed by atoms with Crippen LogP contribution in [0, 0.1) is 13.8 Å². The minimum Gasteiger partial charge on any atom is -0.352 e. The van der Waals surface area contributed by atoms with Crippen LogP contribution < -0.4 is 9.62 Å². The number of carbonyl (C=O) groups excluding carboxylic acids is 2. The SMILES string of the molecule is CC[C@H](C(=O)N[C@@H](C)CC)N(Cc1ccc(C)cc1)C(=O)CN(c1ccc(C)cc1)S(=O)(=O)c1ccccc1. The van der Waals surface area contributed by atoms with Crippen molar-refractivity contribution in [1.82, 2.24) is 10.2 Å². The second-order valence-electron chi connectivity index (χ2n) is 9.91. The van der Waals surface area contributed by atoms with Crippen molar-refractivity contribution in [2.24, 2.45) is 0 Å². The lowest BCUT2D eigenvalue weighted by molar-refractivity contribution is -0.140. The van der Waals surface area contributed by atoms with Crippen LogP contribution in [0.4, 0.5) is 5.69 Å². The Bertz CT molecular complexity index is 1340. The highest BCUT2D eigenvalue weighted by Crippen LogP contribution is 2.25. The average molecular weight is 550 g/mol. The van der Waals surface area contributed by atoms with Crippen LogP contribution >= 0.6 is 0 Å². The van der Waals surface area contributed by atoms with Gasteiger partial charge in [0.15, 0.2) is 0 Å². The monoisotopic (exact) mass is 549 g/mol. The summed E-state index contributed by atoms with van der Waals surface area (Å²) in [7, 11) is -4.06. The third-order valence-electron chi connectivity index (χ3n) is 6.79. The van der Waals surface area contributed by atoms with Crippen LogP contribution in [-0.2, 0) is 26.2 Å². The number of aryl methyl sites for hydroxylation is 2. The maximum absolute atomic E-state index is 14.0. The highest BCUT2D eigenvalue weighted by Gasteiger charge is 2.33. The first kappa shape index (κ1) is 29.9. The number of rotatable bonds is 12. The summed E-state index contributed by atoms with van der Waals surface area (Å²) in [6.45, 7) is 9.38. The van der Waals surface area contributed by atoms with Gasteiger partial charge in [-0.05, 0) is 63.4 Å². The Balaban J connectivity index is 2.03. The number of carbonyl (C=O) groups is 2. The van der Waals surface area contributed by atoms with Crippen LogP contribution in [0.15, 0.2) is 83.8 Å². The summed E-state index contributed by atoms with van der Waals surface area (Å²) in [6.07, 6.45) is 1.14. The van der Waals surface area contributed by atoms with Crippen molar-refractivity contribution in [2.75, 3.05) is 10.8 Å². The lowest BCUT2D eigenvalue weighted by Crippen LogP contribution is -2.53. The maximum Gasteiger partial charge on any atom is 0.264 e. The number of hydrogen-bond acceptors (Lipinski definition) is 4. The fourth-order valence-corrected chi connectivity index (χ4v) is 5.65. The molecule has 3 aromatic rings. The molecule has 0 aliphatic carbocycles. The average Bonchev–Trinajstić information content (AvgIpc) is 2.93. The van der Waals surface area contributed by atoms with Gasteiger partial charge in [0.2, 0.25) is 11.8 Å². The predicted octanol–water partition coefficient (Wildman–Crippen LogP) is 5.22. The molecule has 0 aromatic heterocycles. The van der Waals surface area contributed by atoms with E-state index in [1.54, 1.807) is 30.3 Å². The fraction of sp³-hybridized carbons (Fsp3) is 0.355. The molecule has 0 unspecified atom stereocenters. The van der Waals surface area contributed by atoms with Crippen LogP contribution in [0.2, 0.25) is 0 Å². The smallest absolute Gasteiger partial charge is 0.264 e. The summed E-state index contributed by atoms with van der Waals surface area (Å²) in [5.41, 5.74) is 3.29. The zero-order valence-corrected chi connectivity index (χ0v) is 24.2.